The molecule has 1 unspecified atom stereocenters. The van der Waals surface area contributed by atoms with Crippen molar-refractivity contribution < 1.29 is 14.4 Å². The fourth-order valence-corrected chi connectivity index (χ4v) is 3.69. The molecule has 3 aromatic rings. The summed E-state index contributed by atoms with van der Waals surface area (Å²) in [6.07, 6.45) is 2.13. The van der Waals surface area contributed by atoms with E-state index >= 15 is 0 Å². The van der Waals surface area contributed by atoms with Crippen LogP contribution in [-0.2, 0) is 6.54 Å². The second-order valence-electron chi connectivity index (χ2n) is 6.86. The van der Waals surface area contributed by atoms with E-state index in [0.717, 1.165) is 37.1 Å². The van der Waals surface area contributed by atoms with Crippen LogP contribution in [0, 0.1) is 6.92 Å². The minimum absolute atomic E-state index is 0.165. The van der Waals surface area contributed by atoms with Crippen LogP contribution in [0.4, 0.5) is 0 Å². The third kappa shape index (κ3) is 3.61. The minimum Gasteiger partial charge on any atom is -0.478 e. The number of carboxylic acid groups (broad SMARTS) is 1. The van der Waals surface area contributed by atoms with Gasteiger partial charge in [0.05, 0.1) is 11.6 Å². The van der Waals surface area contributed by atoms with E-state index in [1.807, 2.05) is 31.2 Å². The molecule has 0 bridgehead atoms. The Morgan fingerprint density at radius 3 is 2.70 bits per heavy atom. The summed E-state index contributed by atoms with van der Waals surface area (Å²) in [4.78, 5) is 18.2. The van der Waals surface area contributed by atoms with Crippen LogP contribution in [-0.4, -0.2) is 32.7 Å². The highest BCUT2D eigenvalue weighted by atomic mass is 16.5. The van der Waals surface area contributed by atoms with E-state index in [1.54, 1.807) is 12.1 Å². The maximum absolute atomic E-state index is 11.4. The predicted molar refractivity (Wildman–Crippen MR) is 100 cm³/mol. The number of rotatable bonds is 5. The number of benzene rings is 2. The van der Waals surface area contributed by atoms with Crippen molar-refractivity contribution in [2.45, 2.75) is 32.4 Å². The number of aromatic nitrogens is 2. The first-order valence-electron chi connectivity index (χ1n) is 9.08. The summed E-state index contributed by atoms with van der Waals surface area (Å²) in [6, 6.07) is 15.3. The number of aryl methyl sites for hydroxylation is 1. The van der Waals surface area contributed by atoms with Crippen LogP contribution in [0.15, 0.2) is 53.1 Å². The quantitative estimate of drug-likeness (QED) is 0.736. The van der Waals surface area contributed by atoms with Gasteiger partial charge in [-0.3, -0.25) is 4.90 Å². The second kappa shape index (κ2) is 7.32. The van der Waals surface area contributed by atoms with Crippen LogP contribution >= 0.6 is 0 Å². The van der Waals surface area contributed by atoms with Crippen molar-refractivity contribution in [3.8, 4) is 11.1 Å². The maximum Gasteiger partial charge on any atom is 0.336 e. The van der Waals surface area contributed by atoms with Crippen LogP contribution in [0.1, 0.15) is 46.5 Å². The molecule has 0 spiro atoms. The zero-order valence-electron chi connectivity index (χ0n) is 15.1. The van der Waals surface area contributed by atoms with E-state index in [1.165, 1.54) is 5.56 Å². The molecule has 0 saturated carbocycles. The summed E-state index contributed by atoms with van der Waals surface area (Å²) in [7, 11) is 0. The van der Waals surface area contributed by atoms with Gasteiger partial charge >= 0.3 is 5.97 Å². The summed E-state index contributed by atoms with van der Waals surface area (Å²) in [5, 5.41) is 13.3. The van der Waals surface area contributed by atoms with Gasteiger partial charge in [0.25, 0.3) is 0 Å². The standard InChI is InChI=1S/C21H21N3O3/c1-14-22-20(27-23-14)19-7-4-12-24(19)13-15-8-10-16(11-9-15)17-5-2-3-6-18(17)21(25)26/h2-3,5-6,8-11,19H,4,7,12-13H2,1H3,(H,25,26). The molecule has 0 radical (unpaired) electrons. The van der Waals surface area contributed by atoms with E-state index in [-0.39, 0.29) is 6.04 Å². The molecule has 2 heterocycles. The average Bonchev–Trinajstić information content (AvgIpc) is 3.31. The lowest BCUT2D eigenvalue weighted by atomic mass is 9.98. The molecule has 1 aromatic heterocycles. The molecular formula is C21H21N3O3. The van der Waals surface area contributed by atoms with Gasteiger partial charge in [0.2, 0.25) is 5.89 Å². The number of likely N-dealkylation sites (tertiary alicyclic amines) is 1. The number of nitrogens with zero attached hydrogens (tertiary/aromatic N) is 3. The fourth-order valence-electron chi connectivity index (χ4n) is 3.69. The van der Waals surface area contributed by atoms with Gasteiger partial charge in [-0.05, 0) is 49.1 Å². The zero-order valence-corrected chi connectivity index (χ0v) is 15.1. The first-order chi connectivity index (χ1) is 13.1. The zero-order chi connectivity index (χ0) is 18.8. The highest BCUT2D eigenvalue weighted by Gasteiger charge is 2.30. The van der Waals surface area contributed by atoms with Crippen LogP contribution in [0.2, 0.25) is 0 Å². The summed E-state index contributed by atoms with van der Waals surface area (Å²) in [5.41, 5.74) is 3.13. The Bertz CT molecular complexity index is 949. The molecule has 0 aliphatic carbocycles. The summed E-state index contributed by atoms with van der Waals surface area (Å²) in [5.74, 6) is 0.444. The van der Waals surface area contributed by atoms with E-state index in [9.17, 15) is 9.90 Å². The van der Waals surface area contributed by atoms with Crippen molar-refractivity contribution in [2.75, 3.05) is 6.54 Å². The summed E-state index contributed by atoms with van der Waals surface area (Å²) >= 11 is 0. The Balaban J connectivity index is 1.52. The first kappa shape index (κ1) is 17.4. The van der Waals surface area contributed by atoms with Crippen molar-refractivity contribution in [2.24, 2.45) is 0 Å². The van der Waals surface area contributed by atoms with Crippen molar-refractivity contribution in [3.63, 3.8) is 0 Å². The molecule has 1 saturated heterocycles. The average molecular weight is 363 g/mol. The number of aromatic carboxylic acids is 1. The third-order valence-corrected chi connectivity index (χ3v) is 5.00. The topological polar surface area (TPSA) is 79.5 Å². The van der Waals surface area contributed by atoms with Gasteiger partial charge < -0.3 is 9.63 Å². The van der Waals surface area contributed by atoms with E-state index in [2.05, 4.69) is 27.2 Å². The second-order valence-corrected chi connectivity index (χ2v) is 6.86. The molecule has 4 rings (SSSR count). The lowest BCUT2D eigenvalue weighted by Gasteiger charge is -2.21. The molecule has 0 amide bonds. The van der Waals surface area contributed by atoms with Gasteiger partial charge in [-0.2, -0.15) is 4.98 Å². The number of carbonyl (C=O) groups is 1. The highest BCUT2D eigenvalue weighted by Crippen LogP contribution is 2.32. The Hall–Kier alpha value is -2.99. The van der Waals surface area contributed by atoms with Gasteiger partial charge in [-0.1, -0.05) is 47.6 Å². The van der Waals surface area contributed by atoms with E-state index in [4.69, 9.17) is 4.52 Å². The molecule has 1 atom stereocenters. The fraction of sp³-hybridized carbons (Fsp3) is 0.286. The van der Waals surface area contributed by atoms with Crippen molar-refractivity contribution in [3.05, 3.63) is 71.4 Å². The van der Waals surface area contributed by atoms with Gasteiger partial charge in [0.1, 0.15) is 0 Å². The highest BCUT2D eigenvalue weighted by molar-refractivity contribution is 5.95. The molecule has 6 heteroatoms. The summed E-state index contributed by atoms with van der Waals surface area (Å²) in [6.45, 7) is 3.63. The molecule has 6 nitrogen and oxygen atoms in total. The number of carboxylic acids is 1. The normalized spacial score (nSPS) is 17.3. The van der Waals surface area contributed by atoms with Crippen LogP contribution in [0.3, 0.4) is 0 Å². The SMILES string of the molecule is Cc1noc(C2CCCN2Cc2ccc(-c3ccccc3C(=O)O)cc2)n1. The largest absolute Gasteiger partial charge is 0.478 e. The maximum atomic E-state index is 11.4. The number of hydrogen-bond donors (Lipinski definition) is 1. The molecule has 1 N–H and O–H groups in total. The molecular weight excluding hydrogens is 342 g/mol. The van der Waals surface area contributed by atoms with Crippen molar-refractivity contribution in [1.82, 2.24) is 15.0 Å². The first-order valence-corrected chi connectivity index (χ1v) is 9.08. The molecule has 2 aromatic carbocycles. The Labute approximate surface area is 157 Å². The lowest BCUT2D eigenvalue weighted by Crippen LogP contribution is -2.23. The van der Waals surface area contributed by atoms with Gasteiger partial charge in [-0.15, -0.1) is 0 Å². The lowest BCUT2D eigenvalue weighted by molar-refractivity contribution is 0.0697. The van der Waals surface area contributed by atoms with Crippen LogP contribution in [0.5, 0.6) is 0 Å². The Morgan fingerprint density at radius 1 is 1.22 bits per heavy atom. The molecule has 138 valence electrons. The Kier molecular flexibility index (Phi) is 4.73. The summed E-state index contributed by atoms with van der Waals surface area (Å²) < 4.78 is 5.37. The van der Waals surface area contributed by atoms with Crippen LogP contribution < -0.4 is 0 Å². The monoisotopic (exact) mass is 363 g/mol. The number of hydrogen-bond acceptors (Lipinski definition) is 5. The van der Waals surface area contributed by atoms with E-state index in [0.29, 0.717) is 17.3 Å². The Morgan fingerprint density at radius 2 is 2.00 bits per heavy atom. The molecule has 1 fully saturated rings. The van der Waals surface area contributed by atoms with Crippen LogP contribution in [0.25, 0.3) is 11.1 Å². The van der Waals surface area contributed by atoms with Gasteiger partial charge in [0.15, 0.2) is 5.82 Å². The van der Waals surface area contributed by atoms with Gasteiger partial charge in [0, 0.05) is 6.54 Å². The van der Waals surface area contributed by atoms with Gasteiger partial charge in [-0.25, -0.2) is 4.79 Å². The molecule has 1 aliphatic rings. The predicted octanol–water partition coefficient (Wildman–Crippen LogP) is 4.08. The molecule has 1 aliphatic heterocycles. The smallest absolute Gasteiger partial charge is 0.336 e. The van der Waals surface area contributed by atoms with Crippen molar-refractivity contribution >= 4 is 5.97 Å². The minimum atomic E-state index is -0.913. The molecule has 27 heavy (non-hydrogen) atoms. The van der Waals surface area contributed by atoms with Crippen molar-refractivity contribution in [1.29, 1.82) is 0 Å². The third-order valence-electron chi connectivity index (χ3n) is 5.00. The van der Waals surface area contributed by atoms with E-state index < -0.39 is 5.97 Å².